The molecule has 0 saturated carbocycles. The minimum atomic E-state index is -0.460. The van der Waals surface area contributed by atoms with E-state index in [1.54, 1.807) is 24.3 Å². The first-order chi connectivity index (χ1) is 9.51. The molecule has 0 unspecified atom stereocenters. The molecule has 0 bridgehead atoms. The average Bonchev–Trinajstić information content (AvgIpc) is 2.39. The molecule has 2 nitrogen and oxygen atoms in total. The number of rotatable bonds is 3. The third-order valence-electron chi connectivity index (χ3n) is 2.64. The summed E-state index contributed by atoms with van der Waals surface area (Å²) < 4.78 is 13.7. The van der Waals surface area contributed by atoms with Gasteiger partial charge in [0.2, 0.25) is 0 Å². The average molecular weight is 330 g/mol. The van der Waals surface area contributed by atoms with Crippen LogP contribution < -0.4 is 5.32 Å². The predicted molar refractivity (Wildman–Crippen MR) is 79.9 cm³/mol. The Hall–Kier alpha value is -1.47. The highest BCUT2D eigenvalue weighted by molar-refractivity contribution is 6.41. The number of hydrogen-bond donors (Lipinski definition) is 1. The topological polar surface area (TPSA) is 35.8 Å². The normalized spacial score (nSPS) is 10.2. The first-order valence-corrected chi connectivity index (χ1v) is 6.71. The lowest BCUT2D eigenvalue weighted by Crippen LogP contribution is -2.03. The zero-order chi connectivity index (χ0) is 14.7. The van der Waals surface area contributed by atoms with Gasteiger partial charge in [0.25, 0.3) is 0 Å². The number of hydrogen-bond acceptors (Lipinski definition) is 2. The van der Waals surface area contributed by atoms with E-state index in [1.807, 2.05) is 6.07 Å². The van der Waals surface area contributed by atoms with Crippen LogP contribution in [0.4, 0.5) is 10.1 Å². The lowest BCUT2D eigenvalue weighted by atomic mass is 10.1. The van der Waals surface area contributed by atoms with E-state index >= 15 is 0 Å². The predicted octanol–water partition coefficient (Wildman–Crippen LogP) is 5.27. The molecule has 0 radical (unpaired) electrons. The molecule has 0 aliphatic heterocycles. The lowest BCUT2D eigenvalue weighted by molar-refractivity contribution is 0.612. The Morgan fingerprint density at radius 2 is 1.75 bits per heavy atom. The van der Waals surface area contributed by atoms with E-state index in [1.165, 1.54) is 6.07 Å². The van der Waals surface area contributed by atoms with Gasteiger partial charge in [-0.15, -0.1) is 0 Å². The molecule has 0 amide bonds. The van der Waals surface area contributed by atoms with Gasteiger partial charge in [-0.25, -0.2) is 4.39 Å². The largest absolute Gasteiger partial charge is 0.378 e. The fourth-order valence-electron chi connectivity index (χ4n) is 1.65. The number of nitrogens with one attached hydrogen (secondary N) is 1. The molecule has 2 aromatic rings. The highest BCUT2D eigenvalue weighted by Gasteiger charge is 2.09. The van der Waals surface area contributed by atoms with Crippen molar-refractivity contribution < 1.29 is 4.39 Å². The molecular weight excluding hydrogens is 322 g/mol. The van der Waals surface area contributed by atoms with Crippen molar-refractivity contribution in [1.82, 2.24) is 0 Å². The summed E-state index contributed by atoms with van der Waals surface area (Å²) in [5.41, 5.74) is 1.17. The summed E-state index contributed by atoms with van der Waals surface area (Å²) in [6.07, 6.45) is 0. The molecule has 0 aliphatic rings. The van der Waals surface area contributed by atoms with E-state index < -0.39 is 5.82 Å². The minimum Gasteiger partial charge on any atom is -0.378 e. The summed E-state index contributed by atoms with van der Waals surface area (Å²) in [7, 11) is 0. The van der Waals surface area contributed by atoms with Gasteiger partial charge in [-0.3, -0.25) is 0 Å². The Kier molecular flexibility index (Phi) is 4.72. The van der Waals surface area contributed by atoms with Gasteiger partial charge in [0, 0.05) is 17.1 Å². The van der Waals surface area contributed by atoms with Crippen molar-refractivity contribution in [3.05, 3.63) is 62.3 Å². The molecule has 0 fully saturated rings. The van der Waals surface area contributed by atoms with Crippen LogP contribution in [0.3, 0.4) is 0 Å². The Bertz CT molecular complexity index is 672. The molecule has 2 rings (SSSR count). The van der Waals surface area contributed by atoms with Crippen molar-refractivity contribution in [3.8, 4) is 6.07 Å². The smallest absolute Gasteiger partial charge is 0.129 e. The van der Waals surface area contributed by atoms with Crippen molar-refractivity contribution >= 4 is 40.5 Å². The quantitative estimate of drug-likeness (QED) is 0.832. The zero-order valence-electron chi connectivity index (χ0n) is 10.1. The van der Waals surface area contributed by atoms with E-state index in [4.69, 9.17) is 40.1 Å². The van der Waals surface area contributed by atoms with Gasteiger partial charge in [-0.1, -0.05) is 40.9 Å². The number of benzene rings is 2. The summed E-state index contributed by atoms with van der Waals surface area (Å²) in [6.45, 7) is 0.193. The van der Waals surface area contributed by atoms with Crippen LogP contribution >= 0.6 is 34.8 Å². The van der Waals surface area contributed by atoms with Crippen LogP contribution in [-0.4, -0.2) is 0 Å². The Morgan fingerprint density at radius 3 is 2.30 bits per heavy atom. The summed E-state index contributed by atoms with van der Waals surface area (Å²) in [5, 5.41) is 12.8. The summed E-state index contributed by atoms with van der Waals surface area (Å²) in [6, 6.07) is 9.24. The van der Waals surface area contributed by atoms with E-state index in [0.29, 0.717) is 26.3 Å². The van der Waals surface area contributed by atoms with Gasteiger partial charge in [-0.05, 0) is 24.3 Å². The van der Waals surface area contributed by atoms with Crippen LogP contribution in [0.5, 0.6) is 0 Å². The van der Waals surface area contributed by atoms with Crippen molar-refractivity contribution in [2.24, 2.45) is 0 Å². The molecule has 0 aliphatic carbocycles. The van der Waals surface area contributed by atoms with Crippen molar-refractivity contribution in [2.45, 2.75) is 6.54 Å². The van der Waals surface area contributed by atoms with Gasteiger partial charge >= 0.3 is 0 Å². The monoisotopic (exact) mass is 328 g/mol. The van der Waals surface area contributed by atoms with Gasteiger partial charge in [0.05, 0.1) is 27.4 Å². The van der Waals surface area contributed by atoms with Crippen molar-refractivity contribution in [2.75, 3.05) is 5.32 Å². The van der Waals surface area contributed by atoms with Gasteiger partial charge in [-0.2, -0.15) is 5.26 Å². The van der Waals surface area contributed by atoms with Crippen LogP contribution in [-0.2, 0) is 6.54 Å². The Balaban J connectivity index is 2.20. The Morgan fingerprint density at radius 1 is 1.10 bits per heavy atom. The fraction of sp³-hybridized carbons (Fsp3) is 0.0714. The highest BCUT2D eigenvalue weighted by Crippen LogP contribution is 2.34. The number of anilines is 1. The number of halogens is 4. The summed E-state index contributed by atoms with van der Waals surface area (Å²) in [4.78, 5) is 0. The molecule has 0 heterocycles. The molecular formula is C14H8Cl3FN2. The summed E-state index contributed by atoms with van der Waals surface area (Å²) >= 11 is 17.9. The molecule has 0 spiro atoms. The SMILES string of the molecule is N#Cc1ccc(CNc2c(Cl)cc(Cl)cc2Cl)c(F)c1. The van der Waals surface area contributed by atoms with Gasteiger partial charge in [0.1, 0.15) is 5.82 Å². The van der Waals surface area contributed by atoms with Crippen LogP contribution in [0.1, 0.15) is 11.1 Å². The third kappa shape index (κ3) is 3.34. The molecule has 6 heteroatoms. The maximum Gasteiger partial charge on any atom is 0.129 e. The van der Waals surface area contributed by atoms with Crippen LogP contribution in [0.15, 0.2) is 30.3 Å². The second kappa shape index (κ2) is 6.32. The maximum absolute atomic E-state index is 13.7. The highest BCUT2D eigenvalue weighted by atomic mass is 35.5. The standard InChI is InChI=1S/C14H8Cl3FN2/c15-10-4-11(16)14(12(17)5-10)20-7-9-2-1-8(6-19)3-13(9)18/h1-5,20H,7H2. The molecule has 0 aromatic heterocycles. The van der Waals surface area contributed by atoms with Crippen LogP contribution in [0.2, 0.25) is 15.1 Å². The van der Waals surface area contributed by atoms with Crippen LogP contribution in [0, 0.1) is 17.1 Å². The second-order valence-corrected chi connectivity index (χ2v) is 5.27. The van der Waals surface area contributed by atoms with Gasteiger partial charge in [0.15, 0.2) is 0 Å². The molecule has 2 aromatic carbocycles. The van der Waals surface area contributed by atoms with E-state index in [9.17, 15) is 4.39 Å². The van der Waals surface area contributed by atoms with Gasteiger partial charge < -0.3 is 5.32 Å². The second-order valence-electron chi connectivity index (χ2n) is 4.02. The molecule has 102 valence electrons. The minimum absolute atomic E-state index is 0.193. The Labute approximate surface area is 130 Å². The van der Waals surface area contributed by atoms with Crippen molar-refractivity contribution in [1.29, 1.82) is 5.26 Å². The van der Waals surface area contributed by atoms with E-state index in [-0.39, 0.29) is 12.1 Å². The first-order valence-electron chi connectivity index (χ1n) is 5.58. The fourth-order valence-corrected chi connectivity index (χ4v) is 2.61. The van der Waals surface area contributed by atoms with E-state index in [0.717, 1.165) is 0 Å². The molecule has 0 atom stereocenters. The number of nitriles is 1. The summed E-state index contributed by atoms with van der Waals surface area (Å²) in [5.74, 6) is -0.460. The van der Waals surface area contributed by atoms with E-state index in [2.05, 4.69) is 5.32 Å². The molecule has 1 N–H and O–H groups in total. The molecule has 0 saturated heterocycles. The van der Waals surface area contributed by atoms with Crippen LogP contribution in [0.25, 0.3) is 0 Å². The first kappa shape index (κ1) is 14.9. The third-order valence-corrected chi connectivity index (χ3v) is 3.46. The molecule has 20 heavy (non-hydrogen) atoms. The maximum atomic E-state index is 13.7. The lowest BCUT2D eigenvalue weighted by Gasteiger charge is -2.11. The zero-order valence-corrected chi connectivity index (χ0v) is 12.3. The van der Waals surface area contributed by atoms with Crippen molar-refractivity contribution in [3.63, 3.8) is 0 Å². The number of nitrogens with zero attached hydrogens (tertiary/aromatic N) is 1.